The maximum Gasteiger partial charge on any atom is 0.271 e. The summed E-state index contributed by atoms with van der Waals surface area (Å²) in [5.41, 5.74) is 2.35. The van der Waals surface area contributed by atoms with E-state index in [1.54, 1.807) is 6.92 Å². The third-order valence-electron chi connectivity index (χ3n) is 4.58. The van der Waals surface area contributed by atoms with E-state index in [0.717, 1.165) is 11.3 Å². The predicted molar refractivity (Wildman–Crippen MR) is 110 cm³/mol. The SMILES string of the molecule is COc1ccc([N+](=O)[O-])cc1NC(=O)[C@@H](C)N(C)Cc1ccc(N(C)C)cc1. The van der Waals surface area contributed by atoms with E-state index in [0.29, 0.717) is 12.3 Å². The average Bonchev–Trinajstić information content (AvgIpc) is 2.67. The number of non-ortho nitro benzene ring substituents is 1. The Hall–Kier alpha value is -3.13. The number of nitro benzene ring substituents is 1. The first kappa shape index (κ1) is 21.2. The van der Waals surface area contributed by atoms with Gasteiger partial charge in [0, 0.05) is 38.5 Å². The lowest BCUT2D eigenvalue weighted by atomic mass is 10.1. The maximum absolute atomic E-state index is 12.7. The molecular formula is C20H26N4O4. The Morgan fingerprint density at radius 1 is 1.18 bits per heavy atom. The minimum Gasteiger partial charge on any atom is -0.495 e. The predicted octanol–water partition coefficient (Wildman–Crippen LogP) is 3.13. The first-order valence-corrected chi connectivity index (χ1v) is 8.82. The second-order valence-corrected chi connectivity index (χ2v) is 6.78. The fourth-order valence-corrected chi connectivity index (χ4v) is 2.67. The highest BCUT2D eigenvalue weighted by atomic mass is 16.6. The highest BCUT2D eigenvalue weighted by Crippen LogP contribution is 2.29. The first-order chi connectivity index (χ1) is 13.2. The van der Waals surface area contributed by atoms with Crippen LogP contribution in [-0.4, -0.2) is 50.0 Å². The molecule has 2 aromatic carbocycles. The normalized spacial score (nSPS) is 11.8. The van der Waals surface area contributed by atoms with Crippen LogP contribution in [0.15, 0.2) is 42.5 Å². The largest absolute Gasteiger partial charge is 0.495 e. The third kappa shape index (κ3) is 5.20. The van der Waals surface area contributed by atoms with Crippen LogP contribution in [0, 0.1) is 10.1 Å². The van der Waals surface area contributed by atoms with Gasteiger partial charge in [-0.3, -0.25) is 19.8 Å². The van der Waals surface area contributed by atoms with Gasteiger partial charge in [0.25, 0.3) is 5.69 Å². The van der Waals surface area contributed by atoms with Gasteiger partial charge in [0.05, 0.1) is 23.8 Å². The van der Waals surface area contributed by atoms with Crippen LogP contribution < -0.4 is 15.0 Å². The van der Waals surface area contributed by atoms with Crippen molar-refractivity contribution in [3.05, 3.63) is 58.1 Å². The second kappa shape index (κ2) is 9.18. The van der Waals surface area contributed by atoms with Gasteiger partial charge in [-0.05, 0) is 37.7 Å². The highest BCUT2D eigenvalue weighted by Gasteiger charge is 2.21. The molecule has 150 valence electrons. The van der Waals surface area contributed by atoms with E-state index in [9.17, 15) is 14.9 Å². The van der Waals surface area contributed by atoms with Crippen LogP contribution in [0.1, 0.15) is 12.5 Å². The van der Waals surface area contributed by atoms with Crippen molar-refractivity contribution in [1.29, 1.82) is 0 Å². The summed E-state index contributed by atoms with van der Waals surface area (Å²) in [5, 5.41) is 13.7. The highest BCUT2D eigenvalue weighted by molar-refractivity contribution is 5.96. The van der Waals surface area contributed by atoms with Gasteiger partial charge in [-0.15, -0.1) is 0 Å². The van der Waals surface area contributed by atoms with Crippen LogP contribution in [0.2, 0.25) is 0 Å². The lowest BCUT2D eigenvalue weighted by Gasteiger charge is -2.24. The van der Waals surface area contributed by atoms with Gasteiger partial charge in [-0.2, -0.15) is 0 Å². The fraction of sp³-hybridized carbons (Fsp3) is 0.350. The monoisotopic (exact) mass is 386 g/mol. The molecule has 0 aliphatic rings. The Balaban J connectivity index is 2.07. The molecule has 0 saturated heterocycles. The van der Waals surface area contributed by atoms with E-state index in [2.05, 4.69) is 5.32 Å². The summed E-state index contributed by atoms with van der Waals surface area (Å²) in [7, 11) is 7.27. The number of benzene rings is 2. The fourth-order valence-electron chi connectivity index (χ4n) is 2.67. The molecule has 28 heavy (non-hydrogen) atoms. The molecule has 8 heteroatoms. The molecule has 0 aromatic heterocycles. The first-order valence-electron chi connectivity index (χ1n) is 8.82. The van der Waals surface area contributed by atoms with Gasteiger partial charge in [-0.25, -0.2) is 0 Å². The van der Waals surface area contributed by atoms with Gasteiger partial charge < -0.3 is 15.0 Å². The van der Waals surface area contributed by atoms with Crippen molar-refractivity contribution in [1.82, 2.24) is 4.90 Å². The van der Waals surface area contributed by atoms with Crippen LogP contribution >= 0.6 is 0 Å². The van der Waals surface area contributed by atoms with Crippen molar-refractivity contribution < 1.29 is 14.5 Å². The number of nitro groups is 1. The van der Waals surface area contributed by atoms with Crippen molar-refractivity contribution in [3.63, 3.8) is 0 Å². The molecular weight excluding hydrogens is 360 g/mol. The minimum atomic E-state index is -0.512. The zero-order valence-electron chi connectivity index (χ0n) is 16.8. The summed E-state index contributed by atoms with van der Waals surface area (Å²) in [5.74, 6) is 0.0966. The molecule has 0 bridgehead atoms. The molecule has 2 rings (SSSR count). The van der Waals surface area contributed by atoms with Crippen LogP contribution in [0.25, 0.3) is 0 Å². The Kier molecular flexibility index (Phi) is 6.94. The molecule has 0 heterocycles. The molecule has 0 aliphatic heterocycles. The molecule has 2 aromatic rings. The Bertz CT molecular complexity index is 837. The topological polar surface area (TPSA) is 87.9 Å². The lowest BCUT2D eigenvalue weighted by Crippen LogP contribution is -2.39. The summed E-state index contributed by atoms with van der Waals surface area (Å²) in [4.78, 5) is 27.1. The van der Waals surface area contributed by atoms with E-state index in [1.165, 1.54) is 25.3 Å². The van der Waals surface area contributed by atoms with Crippen molar-refractivity contribution in [2.45, 2.75) is 19.5 Å². The number of carbonyl (C=O) groups is 1. The Morgan fingerprint density at radius 3 is 2.36 bits per heavy atom. The Labute approximate surface area is 164 Å². The molecule has 0 saturated carbocycles. The van der Waals surface area contributed by atoms with E-state index >= 15 is 0 Å². The van der Waals surface area contributed by atoms with Crippen LogP contribution in [0.3, 0.4) is 0 Å². The molecule has 8 nitrogen and oxygen atoms in total. The number of hydrogen-bond donors (Lipinski definition) is 1. The van der Waals surface area contributed by atoms with E-state index in [4.69, 9.17) is 4.74 Å². The van der Waals surface area contributed by atoms with Crippen LogP contribution in [-0.2, 0) is 11.3 Å². The van der Waals surface area contributed by atoms with Crippen molar-refractivity contribution in [2.24, 2.45) is 0 Å². The summed E-state index contributed by atoms with van der Waals surface area (Å²) < 4.78 is 5.19. The number of methoxy groups -OCH3 is 1. The number of carbonyl (C=O) groups excluding carboxylic acids is 1. The number of nitrogens with one attached hydrogen (secondary N) is 1. The molecule has 1 atom stereocenters. The number of amides is 1. The second-order valence-electron chi connectivity index (χ2n) is 6.78. The van der Waals surface area contributed by atoms with Crippen molar-refractivity contribution >= 4 is 23.0 Å². The lowest BCUT2D eigenvalue weighted by molar-refractivity contribution is -0.384. The van der Waals surface area contributed by atoms with Gasteiger partial charge >= 0.3 is 0 Å². The molecule has 0 aliphatic carbocycles. The molecule has 0 spiro atoms. The number of nitrogens with zero attached hydrogens (tertiary/aromatic N) is 3. The minimum absolute atomic E-state index is 0.113. The summed E-state index contributed by atoms with van der Waals surface area (Å²) >= 11 is 0. The number of likely N-dealkylation sites (N-methyl/N-ethyl adjacent to an activating group) is 1. The van der Waals surface area contributed by atoms with Crippen molar-refractivity contribution in [2.75, 3.05) is 38.5 Å². The summed E-state index contributed by atoms with van der Waals surface area (Å²) in [6, 6.07) is 11.8. The maximum atomic E-state index is 12.7. The number of hydrogen-bond acceptors (Lipinski definition) is 6. The van der Waals surface area contributed by atoms with Gasteiger partial charge in [0.2, 0.25) is 5.91 Å². The van der Waals surface area contributed by atoms with Gasteiger partial charge in [0.15, 0.2) is 0 Å². The van der Waals surface area contributed by atoms with Gasteiger partial charge in [-0.1, -0.05) is 12.1 Å². The zero-order chi connectivity index (χ0) is 20.8. The van der Waals surface area contributed by atoms with E-state index in [-0.39, 0.29) is 17.3 Å². The number of anilines is 2. The van der Waals surface area contributed by atoms with Crippen LogP contribution in [0.5, 0.6) is 5.75 Å². The molecule has 0 fully saturated rings. The van der Waals surface area contributed by atoms with Crippen LogP contribution in [0.4, 0.5) is 17.1 Å². The standard InChI is InChI=1S/C20H26N4O4/c1-14(23(4)13-15-6-8-16(9-7-15)22(2)3)20(25)21-18-12-17(24(26)27)10-11-19(18)28-5/h6-12,14H,13H2,1-5H3,(H,21,25)/t14-/m1/s1. The van der Waals surface area contributed by atoms with Crippen molar-refractivity contribution in [3.8, 4) is 5.75 Å². The summed E-state index contributed by atoms with van der Waals surface area (Å²) in [6.45, 7) is 2.38. The molecule has 0 radical (unpaired) electrons. The van der Waals surface area contributed by atoms with E-state index in [1.807, 2.05) is 55.2 Å². The number of rotatable bonds is 8. The average molecular weight is 386 g/mol. The zero-order valence-corrected chi connectivity index (χ0v) is 16.8. The molecule has 0 unspecified atom stereocenters. The molecule has 1 amide bonds. The number of ether oxygens (including phenoxy) is 1. The third-order valence-corrected chi connectivity index (χ3v) is 4.58. The van der Waals surface area contributed by atoms with Gasteiger partial charge in [0.1, 0.15) is 5.75 Å². The Morgan fingerprint density at radius 2 is 1.82 bits per heavy atom. The smallest absolute Gasteiger partial charge is 0.271 e. The molecule has 1 N–H and O–H groups in total. The summed E-state index contributed by atoms with van der Waals surface area (Å²) in [6.07, 6.45) is 0. The van der Waals surface area contributed by atoms with E-state index < -0.39 is 11.0 Å². The quantitative estimate of drug-likeness (QED) is 0.554.